The Labute approximate surface area is 153 Å². The van der Waals surface area contributed by atoms with E-state index in [0.29, 0.717) is 21.8 Å². The van der Waals surface area contributed by atoms with E-state index < -0.39 is 0 Å². The van der Waals surface area contributed by atoms with Gasteiger partial charge in [-0.25, -0.2) is 4.68 Å². The van der Waals surface area contributed by atoms with Crippen molar-refractivity contribution in [3.63, 3.8) is 0 Å². The molecular weight excluding hydrogens is 354 g/mol. The van der Waals surface area contributed by atoms with Crippen molar-refractivity contribution in [3.05, 3.63) is 71.4 Å². The summed E-state index contributed by atoms with van der Waals surface area (Å²) < 4.78 is 1.51. The molecule has 124 valence electrons. The highest BCUT2D eigenvalue weighted by Gasteiger charge is 2.13. The first-order valence-electron chi connectivity index (χ1n) is 7.64. The van der Waals surface area contributed by atoms with Crippen LogP contribution < -0.4 is 5.84 Å². The number of nitrogens with two attached hydrogens (primary N) is 1. The van der Waals surface area contributed by atoms with Gasteiger partial charge in [-0.15, -0.1) is 10.2 Å². The van der Waals surface area contributed by atoms with Crippen LogP contribution in [0, 0.1) is 0 Å². The zero-order valence-electron chi connectivity index (χ0n) is 13.1. The fraction of sp³-hybridized carbons (Fsp3) is 0.0556. The zero-order valence-corrected chi connectivity index (χ0v) is 14.7. The normalized spacial score (nSPS) is 11.1. The van der Waals surface area contributed by atoms with Crippen LogP contribution in [0.15, 0.2) is 66.0 Å². The maximum absolute atomic E-state index is 6.17. The van der Waals surface area contributed by atoms with Crippen molar-refractivity contribution in [1.29, 1.82) is 0 Å². The minimum atomic E-state index is 0.607. The van der Waals surface area contributed by atoms with Crippen LogP contribution in [0.2, 0.25) is 5.02 Å². The number of para-hydroxylation sites is 1. The third-order valence-corrected chi connectivity index (χ3v) is 5.08. The highest BCUT2D eigenvalue weighted by Crippen LogP contribution is 2.27. The predicted molar refractivity (Wildman–Crippen MR) is 102 cm³/mol. The van der Waals surface area contributed by atoms with Gasteiger partial charge in [0, 0.05) is 27.9 Å². The Morgan fingerprint density at radius 3 is 2.64 bits per heavy atom. The number of halogens is 1. The molecule has 0 atom stereocenters. The molecule has 2 N–H and O–H groups in total. The minimum absolute atomic E-state index is 0.607. The molecule has 5 nitrogen and oxygen atoms in total. The van der Waals surface area contributed by atoms with Gasteiger partial charge in [0.25, 0.3) is 0 Å². The molecule has 0 bridgehead atoms. The lowest BCUT2D eigenvalue weighted by molar-refractivity contribution is 0.849. The van der Waals surface area contributed by atoms with E-state index in [4.69, 9.17) is 17.4 Å². The number of rotatable bonds is 4. The molecule has 0 amide bonds. The molecule has 0 fully saturated rings. The van der Waals surface area contributed by atoms with Crippen LogP contribution in [0.4, 0.5) is 0 Å². The van der Waals surface area contributed by atoms with Gasteiger partial charge in [0.05, 0.1) is 5.52 Å². The van der Waals surface area contributed by atoms with Crippen LogP contribution in [0.25, 0.3) is 22.3 Å². The summed E-state index contributed by atoms with van der Waals surface area (Å²) in [4.78, 5) is 4.48. The Kier molecular flexibility index (Phi) is 4.29. The first kappa shape index (κ1) is 15.9. The molecular formula is C18H14ClN5S. The topological polar surface area (TPSA) is 69.6 Å². The van der Waals surface area contributed by atoms with Gasteiger partial charge in [-0.1, -0.05) is 47.6 Å². The lowest BCUT2D eigenvalue weighted by atomic mass is 10.1. The number of fused-ring (bicyclic) bond motifs is 1. The molecule has 0 aliphatic heterocycles. The van der Waals surface area contributed by atoms with Gasteiger partial charge >= 0.3 is 0 Å². The third-order valence-electron chi connectivity index (χ3n) is 3.84. The summed E-state index contributed by atoms with van der Waals surface area (Å²) in [6.07, 6.45) is 1.81. The molecule has 25 heavy (non-hydrogen) atoms. The molecule has 0 aliphatic carbocycles. The molecule has 0 unspecified atom stereocenters. The number of nitrogens with zero attached hydrogens (tertiary/aromatic N) is 4. The summed E-state index contributed by atoms with van der Waals surface area (Å²) in [5, 5.41) is 10.8. The van der Waals surface area contributed by atoms with Crippen molar-refractivity contribution < 1.29 is 0 Å². The number of benzene rings is 2. The monoisotopic (exact) mass is 367 g/mol. The molecule has 4 aromatic rings. The largest absolute Gasteiger partial charge is 0.335 e. The highest BCUT2D eigenvalue weighted by atomic mass is 35.5. The van der Waals surface area contributed by atoms with Gasteiger partial charge in [-0.2, -0.15) is 0 Å². The zero-order chi connectivity index (χ0) is 17.2. The van der Waals surface area contributed by atoms with Crippen LogP contribution >= 0.6 is 23.4 Å². The van der Waals surface area contributed by atoms with Gasteiger partial charge in [0.15, 0.2) is 5.82 Å². The van der Waals surface area contributed by atoms with Gasteiger partial charge in [0.2, 0.25) is 5.16 Å². The van der Waals surface area contributed by atoms with E-state index >= 15 is 0 Å². The van der Waals surface area contributed by atoms with E-state index in [1.165, 1.54) is 16.4 Å². The summed E-state index contributed by atoms with van der Waals surface area (Å²) in [7, 11) is 0. The maximum atomic E-state index is 6.17. The van der Waals surface area contributed by atoms with Crippen LogP contribution in [-0.2, 0) is 5.75 Å². The van der Waals surface area contributed by atoms with E-state index in [9.17, 15) is 0 Å². The lowest BCUT2D eigenvalue weighted by Crippen LogP contribution is -2.11. The molecule has 0 spiro atoms. The number of hydrogen-bond donors (Lipinski definition) is 1. The molecule has 0 aliphatic rings. The molecule has 7 heteroatoms. The van der Waals surface area contributed by atoms with Crippen LogP contribution in [0.1, 0.15) is 5.56 Å². The average molecular weight is 368 g/mol. The molecule has 0 saturated carbocycles. The summed E-state index contributed by atoms with van der Waals surface area (Å²) in [5.41, 5.74) is 3.01. The fourth-order valence-corrected chi connectivity index (χ4v) is 3.57. The predicted octanol–water partition coefficient (Wildman–Crippen LogP) is 4.15. The maximum Gasteiger partial charge on any atom is 0.210 e. The fourth-order valence-electron chi connectivity index (χ4n) is 2.60. The first-order valence-corrected chi connectivity index (χ1v) is 9.00. The van der Waals surface area contributed by atoms with E-state index in [0.717, 1.165) is 22.0 Å². The molecule has 2 aromatic heterocycles. The van der Waals surface area contributed by atoms with Gasteiger partial charge in [-0.05, 0) is 35.9 Å². The summed E-state index contributed by atoms with van der Waals surface area (Å²) in [6.45, 7) is 0. The molecule has 0 radical (unpaired) electrons. The second-order valence-electron chi connectivity index (χ2n) is 5.46. The van der Waals surface area contributed by atoms with Crippen molar-refractivity contribution in [2.75, 3.05) is 5.84 Å². The average Bonchev–Trinajstić information content (AvgIpc) is 3.01. The number of hydrogen-bond acceptors (Lipinski definition) is 5. The second-order valence-corrected chi connectivity index (χ2v) is 6.84. The summed E-state index contributed by atoms with van der Waals surface area (Å²) >= 11 is 7.46. The minimum Gasteiger partial charge on any atom is -0.335 e. The number of pyridine rings is 1. The molecule has 2 heterocycles. The first-order chi connectivity index (χ1) is 12.2. The van der Waals surface area contributed by atoms with E-state index in [1.807, 2.05) is 24.3 Å². The Bertz CT molecular complexity index is 1020. The number of aromatic nitrogens is 4. The SMILES string of the molecule is Nn1c(SCc2cccc3cccnc23)nnc1-c1ccc(Cl)cc1. The van der Waals surface area contributed by atoms with E-state index in [-0.39, 0.29) is 0 Å². The Balaban J connectivity index is 1.58. The van der Waals surface area contributed by atoms with Crippen molar-refractivity contribution >= 4 is 34.3 Å². The van der Waals surface area contributed by atoms with Gasteiger partial charge in [0.1, 0.15) is 0 Å². The van der Waals surface area contributed by atoms with Crippen molar-refractivity contribution in [2.24, 2.45) is 0 Å². The summed E-state index contributed by atoms with van der Waals surface area (Å²) in [5.74, 6) is 7.49. The number of nitrogen functional groups attached to an aromatic ring is 1. The van der Waals surface area contributed by atoms with Crippen LogP contribution in [-0.4, -0.2) is 19.9 Å². The quantitative estimate of drug-likeness (QED) is 0.433. The standard InChI is InChI=1S/C18H14ClN5S/c19-15-8-6-13(7-9-15)17-22-23-18(24(17)20)25-11-14-4-1-3-12-5-2-10-21-16(12)14/h1-10H,11,20H2. The van der Waals surface area contributed by atoms with E-state index in [2.05, 4.69) is 33.4 Å². The van der Waals surface area contributed by atoms with Crippen LogP contribution in [0.5, 0.6) is 0 Å². The van der Waals surface area contributed by atoms with Crippen molar-refractivity contribution in [3.8, 4) is 11.4 Å². The Morgan fingerprint density at radius 2 is 1.80 bits per heavy atom. The number of thioether (sulfide) groups is 1. The summed E-state index contributed by atoms with van der Waals surface area (Å²) in [6, 6.07) is 17.5. The molecule has 0 saturated heterocycles. The Hall–Kier alpha value is -2.57. The lowest BCUT2D eigenvalue weighted by Gasteiger charge is -2.06. The van der Waals surface area contributed by atoms with Crippen LogP contribution in [0.3, 0.4) is 0 Å². The molecule has 2 aromatic carbocycles. The van der Waals surface area contributed by atoms with Gasteiger partial charge < -0.3 is 5.84 Å². The Morgan fingerprint density at radius 1 is 1.00 bits per heavy atom. The third kappa shape index (κ3) is 3.18. The highest BCUT2D eigenvalue weighted by molar-refractivity contribution is 7.98. The van der Waals surface area contributed by atoms with Gasteiger partial charge in [-0.3, -0.25) is 4.98 Å². The van der Waals surface area contributed by atoms with Crippen molar-refractivity contribution in [2.45, 2.75) is 10.9 Å². The molecule has 4 rings (SSSR count). The van der Waals surface area contributed by atoms with E-state index in [1.54, 1.807) is 18.3 Å². The van der Waals surface area contributed by atoms with Crippen molar-refractivity contribution in [1.82, 2.24) is 19.9 Å². The smallest absolute Gasteiger partial charge is 0.210 e. The second kappa shape index (κ2) is 6.74.